The molecule has 0 amide bonds. The van der Waals surface area contributed by atoms with Gasteiger partial charge in [0.15, 0.2) is 0 Å². The first-order chi connectivity index (χ1) is 5.33. The smallest absolute Gasteiger partial charge is 0.0151 e. The fourth-order valence-electron chi connectivity index (χ4n) is 1.27. The van der Waals surface area contributed by atoms with Gasteiger partial charge in [0.1, 0.15) is 0 Å². The molecule has 62 valence electrons. The summed E-state index contributed by atoms with van der Waals surface area (Å²) in [6, 6.07) is 0. The Morgan fingerprint density at radius 1 is 1.45 bits per heavy atom. The maximum atomic E-state index is 3.64. The van der Waals surface area contributed by atoms with Gasteiger partial charge in [0.25, 0.3) is 0 Å². The Balaban J connectivity index is 2.30. The van der Waals surface area contributed by atoms with Crippen molar-refractivity contribution in [3.8, 4) is 0 Å². The van der Waals surface area contributed by atoms with Crippen molar-refractivity contribution in [2.45, 2.75) is 31.0 Å². The third-order valence-electron chi connectivity index (χ3n) is 2.01. The molecule has 0 fully saturated rings. The first-order valence-corrected chi connectivity index (χ1v) is 5.22. The van der Waals surface area contributed by atoms with E-state index in [4.69, 9.17) is 0 Å². The van der Waals surface area contributed by atoms with Gasteiger partial charge in [-0.3, -0.25) is 0 Å². The Bertz CT molecular complexity index is 146. The number of rotatable bonds is 3. The van der Waals surface area contributed by atoms with Crippen LogP contribution in [0.25, 0.3) is 0 Å². The van der Waals surface area contributed by atoms with Crippen LogP contribution in [0.2, 0.25) is 0 Å². The van der Waals surface area contributed by atoms with Crippen molar-refractivity contribution in [3.63, 3.8) is 0 Å². The van der Waals surface area contributed by atoms with E-state index >= 15 is 0 Å². The fraction of sp³-hybridized carbons (Fsp3) is 0.600. The zero-order valence-corrected chi connectivity index (χ0v) is 8.55. The molecule has 0 aliphatic heterocycles. The predicted octanol–water partition coefficient (Wildman–Crippen LogP) is 3.68. The van der Waals surface area contributed by atoms with E-state index in [1.165, 1.54) is 12.8 Å². The van der Waals surface area contributed by atoms with Crippen LogP contribution < -0.4 is 0 Å². The molecule has 0 N–H and O–H groups in total. The average Bonchev–Trinajstić information content (AvgIpc) is 2.06. The van der Waals surface area contributed by atoms with E-state index in [-0.39, 0.29) is 0 Å². The Labute approximate surface area is 77.5 Å². The number of hydrogen-bond donors (Lipinski definition) is 0. The molecule has 0 radical (unpaired) electrons. The molecule has 1 unspecified atom stereocenters. The van der Waals surface area contributed by atoms with Crippen LogP contribution in [0.1, 0.15) is 26.2 Å². The highest BCUT2D eigenvalue weighted by atomic mass is 79.9. The maximum Gasteiger partial charge on any atom is 0.0151 e. The molecule has 1 rings (SSSR count). The van der Waals surface area contributed by atoms with Gasteiger partial charge in [0.05, 0.1) is 0 Å². The molecule has 0 saturated heterocycles. The molecule has 0 bridgehead atoms. The van der Waals surface area contributed by atoms with Crippen molar-refractivity contribution in [1.82, 2.24) is 0 Å². The lowest BCUT2D eigenvalue weighted by Gasteiger charge is -2.13. The Hall–Kier alpha value is -0.0400. The van der Waals surface area contributed by atoms with Gasteiger partial charge in [-0.15, -0.1) is 0 Å². The fourth-order valence-corrected chi connectivity index (χ4v) is 1.70. The lowest BCUT2D eigenvalue weighted by Crippen LogP contribution is -2.04. The van der Waals surface area contributed by atoms with Crippen molar-refractivity contribution in [3.05, 3.63) is 24.3 Å². The summed E-state index contributed by atoms with van der Waals surface area (Å²) in [7, 11) is 0. The van der Waals surface area contributed by atoms with E-state index in [9.17, 15) is 0 Å². The van der Waals surface area contributed by atoms with Crippen LogP contribution in [-0.2, 0) is 0 Å². The Kier molecular flexibility index (Phi) is 3.92. The largest absolute Gasteiger partial charge is 0.0890 e. The molecule has 0 nitrogen and oxygen atoms in total. The summed E-state index contributed by atoms with van der Waals surface area (Å²) in [6.07, 6.45) is 12.7. The van der Waals surface area contributed by atoms with Gasteiger partial charge in [-0.25, -0.2) is 0 Å². The van der Waals surface area contributed by atoms with Gasteiger partial charge in [0.2, 0.25) is 0 Å². The number of allylic oxidation sites excluding steroid dienone is 4. The second-order valence-electron chi connectivity index (χ2n) is 3.00. The summed E-state index contributed by atoms with van der Waals surface area (Å²) < 4.78 is 0. The molecular weight excluding hydrogens is 200 g/mol. The minimum absolute atomic E-state index is 0.674. The molecule has 0 saturated carbocycles. The van der Waals surface area contributed by atoms with E-state index in [0.717, 1.165) is 6.42 Å². The molecule has 1 atom stereocenters. The molecule has 0 heterocycles. The van der Waals surface area contributed by atoms with Gasteiger partial charge in [-0.1, -0.05) is 47.2 Å². The monoisotopic (exact) mass is 214 g/mol. The van der Waals surface area contributed by atoms with E-state index in [1.807, 2.05) is 0 Å². The molecule has 11 heavy (non-hydrogen) atoms. The average molecular weight is 215 g/mol. The normalized spacial score (nSPS) is 20.5. The van der Waals surface area contributed by atoms with Crippen LogP contribution in [0.15, 0.2) is 24.3 Å². The van der Waals surface area contributed by atoms with Crippen LogP contribution in [0, 0.1) is 5.92 Å². The first-order valence-electron chi connectivity index (χ1n) is 4.30. The number of hydrogen-bond acceptors (Lipinski definition) is 0. The molecule has 0 aromatic carbocycles. The third-order valence-corrected chi connectivity index (χ3v) is 3.03. The summed E-state index contributed by atoms with van der Waals surface area (Å²) in [5.74, 6) is 0.674. The summed E-state index contributed by atoms with van der Waals surface area (Å²) in [6.45, 7) is 2.22. The molecule has 0 spiro atoms. The highest BCUT2D eigenvalue weighted by molar-refractivity contribution is 9.09. The summed E-state index contributed by atoms with van der Waals surface area (Å²) in [5.41, 5.74) is 0. The van der Waals surface area contributed by atoms with E-state index in [0.29, 0.717) is 10.7 Å². The topological polar surface area (TPSA) is 0 Å². The minimum atomic E-state index is 0.674. The molecule has 1 heteroatoms. The van der Waals surface area contributed by atoms with Gasteiger partial charge < -0.3 is 0 Å². The van der Waals surface area contributed by atoms with Gasteiger partial charge in [-0.05, 0) is 25.2 Å². The molecule has 1 aliphatic rings. The van der Waals surface area contributed by atoms with Gasteiger partial charge in [-0.2, -0.15) is 0 Å². The van der Waals surface area contributed by atoms with Crippen molar-refractivity contribution in [2.75, 3.05) is 0 Å². The second kappa shape index (κ2) is 4.76. The van der Waals surface area contributed by atoms with Crippen LogP contribution >= 0.6 is 15.9 Å². The highest BCUT2D eigenvalue weighted by Gasteiger charge is 2.08. The number of halogens is 1. The second-order valence-corrected chi connectivity index (χ2v) is 4.29. The highest BCUT2D eigenvalue weighted by Crippen LogP contribution is 2.20. The maximum absolute atomic E-state index is 3.64. The quantitative estimate of drug-likeness (QED) is 0.497. The minimum Gasteiger partial charge on any atom is -0.0890 e. The lowest BCUT2D eigenvalue weighted by atomic mass is 9.97. The summed E-state index contributed by atoms with van der Waals surface area (Å²) in [4.78, 5) is 0.680. The predicted molar refractivity (Wildman–Crippen MR) is 54.0 cm³/mol. The van der Waals surface area contributed by atoms with Crippen LogP contribution in [0.5, 0.6) is 0 Å². The van der Waals surface area contributed by atoms with Crippen LogP contribution in [0.4, 0.5) is 0 Å². The standard InChI is InChI=1S/C10H15Br/c1-2-10(11)8-9-6-4-3-5-7-9/h4-7,9-10H,2-3,8H2,1H3. The van der Waals surface area contributed by atoms with E-state index in [2.05, 4.69) is 47.2 Å². The number of alkyl halides is 1. The zero-order valence-electron chi connectivity index (χ0n) is 6.96. The zero-order chi connectivity index (χ0) is 8.10. The lowest BCUT2D eigenvalue weighted by molar-refractivity contribution is 0.659. The summed E-state index contributed by atoms with van der Waals surface area (Å²) >= 11 is 3.64. The SMILES string of the molecule is CCC(Br)CC1C=CCC=C1. The van der Waals surface area contributed by atoms with Crippen molar-refractivity contribution >= 4 is 15.9 Å². The van der Waals surface area contributed by atoms with Crippen LogP contribution in [-0.4, -0.2) is 4.83 Å². The third kappa shape index (κ3) is 3.24. The van der Waals surface area contributed by atoms with Crippen molar-refractivity contribution < 1.29 is 0 Å². The van der Waals surface area contributed by atoms with E-state index < -0.39 is 0 Å². The molecule has 0 aromatic rings. The van der Waals surface area contributed by atoms with Crippen molar-refractivity contribution in [2.24, 2.45) is 5.92 Å². The molecule has 1 aliphatic carbocycles. The van der Waals surface area contributed by atoms with Crippen molar-refractivity contribution in [1.29, 1.82) is 0 Å². The van der Waals surface area contributed by atoms with Gasteiger partial charge in [0, 0.05) is 4.83 Å². The molecule has 0 aromatic heterocycles. The summed E-state index contributed by atoms with van der Waals surface area (Å²) in [5, 5.41) is 0. The van der Waals surface area contributed by atoms with E-state index in [1.54, 1.807) is 0 Å². The molecular formula is C10H15Br. The Morgan fingerprint density at radius 3 is 2.64 bits per heavy atom. The van der Waals surface area contributed by atoms with Gasteiger partial charge >= 0.3 is 0 Å². The first kappa shape index (κ1) is 9.05. The van der Waals surface area contributed by atoms with Crippen LogP contribution in [0.3, 0.4) is 0 Å². The Morgan fingerprint density at radius 2 is 2.09 bits per heavy atom.